The number of hydrogen-bond acceptors (Lipinski definition) is 6. The molecule has 4 aromatic rings. The van der Waals surface area contributed by atoms with Crippen molar-refractivity contribution in [3.63, 3.8) is 0 Å². The van der Waals surface area contributed by atoms with Gasteiger partial charge in [-0.15, -0.1) is 0 Å². The van der Waals surface area contributed by atoms with Crippen molar-refractivity contribution in [2.24, 2.45) is 5.92 Å². The number of fused-ring (bicyclic) bond motifs is 1. The Balaban J connectivity index is 1.68. The summed E-state index contributed by atoms with van der Waals surface area (Å²) in [7, 11) is 0. The number of halogens is 1. The average molecular weight is 548 g/mol. The standard InChI is InChI=1S/C28H30BrN5O2/c1-16-13-21(29)14-17(2)25(16)34-15-18(3)23-24(32-19(4)33-27(23)34)26(20-8-11-30-12-9-20)36-28(35)22-7-5-6-10-31-22/h5-7,10,13-15,20,26,30H,8-9,11-12H2,1-4H3. The summed E-state index contributed by atoms with van der Waals surface area (Å²) in [5.74, 6) is 0.368. The van der Waals surface area contributed by atoms with Gasteiger partial charge in [0.15, 0.2) is 0 Å². The highest BCUT2D eigenvalue weighted by molar-refractivity contribution is 9.10. The van der Waals surface area contributed by atoms with E-state index < -0.39 is 12.1 Å². The smallest absolute Gasteiger partial charge is 0.357 e. The largest absolute Gasteiger partial charge is 0.451 e. The fourth-order valence-electron chi connectivity index (χ4n) is 5.29. The van der Waals surface area contributed by atoms with Gasteiger partial charge in [0.05, 0.1) is 11.4 Å². The van der Waals surface area contributed by atoms with Crippen molar-refractivity contribution in [2.45, 2.75) is 46.6 Å². The van der Waals surface area contributed by atoms with Crippen LogP contribution in [0.2, 0.25) is 0 Å². The molecule has 3 aromatic heterocycles. The number of hydrogen-bond donors (Lipinski definition) is 1. The number of piperidine rings is 1. The van der Waals surface area contributed by atoms with Crippen molar-refractivity contribution in [2.75, 3.05) is 13.1 Å². The van der Waals surface area contributed by atoms with Gasteiger partial charge in [0.25, 0.3) is 0 Å². The Kier molecular flexibility index (Phi) is 6.90. The van der Waals surface area contributed by atoms with E-state index in [1.165, 1.54) is 0 Å². The predicted molar refractivity (Wildman–Crippen MR) is 144 cm³/mol. The van der Waals surface area contributed by atoms with Crippen LogP contribution in [0.5, 0.6) is 0 Å². The van der Waals surface area contributed by atoms with Gasteiger partial charge in [-0.1, -0.05) is 22.0 Å². The highest BCUT2D eigenvalue weighted by Gasteiger charge is 2.33. The zero-order chi connectivity index (χ0) is 25.4. The second kappa shape index (κ2) is 10.1. The minimum atomic E-state index is -0.493. The van der Waals surface area contributed by atoms with Crippen molar-refractivity contribution < 1.29 is 9.53 Å². The molecule has 1 atom stereocenters. The van der Waals surface area contributed by atoms with E-state index in [4.69, 9.17) is 14.7 Å². The molecule has 0 spiro atoms. The maximum Gasteiger partial charge on any atom is 0.357 e. The van der Waals surface area contributed by atoms with E-state index in [1.54, 1.807) is 24.4 Å². The van der Waals surface area contributed by atoms with Crippen LogP contribution in [0.4, 0.5) is 0 Å². The van der Waals surface area contributed by atoms with Crippen molar-refractivity contribution in [3.8, 4) is 5.69 Å². The molecule has 0 amide bonds. The van der Waals surface area contributed by atoms with E-state index in [1.807, 2.05) is 6.92 Å². The Labute approximate surface area is 219 Å². The second-order valence-corrected chi connectivity index (χ2v) is 10.5. The molecule has 7 nitrogen and oxygen atoms in total. The Bertz CT molecular complexity index is 1400. The third-order valence-electron chi connectivity index (χ3n) is 6.86. The van der Waals surface area contributed by atoms with Crippen LogP contribution in [0, 0.1) is 33.6 Å². The molecule has 1 aromatic carbocycles. The molecule has 0 radical (unpaired) electrons. The molecule has 0 saturated carbocycles. The van der Waals surface area contributed by atoms with Crippen LogP contribution in [0.25, 0.3) is 16.7 Å². The first-order valence-electron chi connectivity index (χ1n) is 12.3. The molecule has 0 aliphatic carbocycles. The number of pyridine rings is 1. The molecule has 1 aliphatic rings. The molecule has 1 fully saturated rings. The second-order valence-electron chi connectivity index (χ2n) is 9.55. The summed E-state index contributed by atoms with van der Waals surface area (Å²) in [4.78, 5) is 27.2. The van der Waals surface area contributed by atoms with Crippen LogP contribution < -0.4 is 5.32 Å². The molecular weight excluding hydrogens is 518 g/mol. The number of aromatic nitrogens is 4. The number of aryl methyl sites for hydroxylation is 4. The zero-order valence-electron chi connectivity index (χ0n) is 21.0. The maximum atomic E-state index is 13.2. The number of esters is 1. The van der Waals surface area contributed by atoms with E-state index in [-0.39, 0.29) is 5.92 Å². The first-order chi connectivity index (χ1) is 17.3. The Morgan fingerprint density at radius 1 is 1.08 bits per heavy atom. The number of nitrogens with zero attached hydrogens (tertiary/aromatic N) is 4. The molecule has 36 heavy (non-hydrogen) atoms. The molecule has 1 saturated heterocycles. The third-order valence-corrected chi connectivity index (χ3v) is 7.32. The number of rotatable bonds is 5. The molecule has 186 valence electrons. The van der Waals surface area contributed by atoms with Crippen molar-refractivity contribution >= 4 is 32.9 Å². The lowest BCUT2D eigenvalue weighted by Gasteiger charge is -2.30. The van der Waals surface area contributed by atoms with Gasteiger partial charge < -0.3 is 14.6 Å². The predicted octanol–water partition coefficient (Wildman–Crippen LogP) is 5.71. The number of carbonyl (C=O) groups is 1. The van der Waals surface area contributed by atoms with Gasteiger partial charge >= 0.3 is 5.97 Å². The fraction of sp³-hybridized carbons (Fsp3) is 0.357. The summed E-state index contributed by atoms with van der Waals surface area (Å²) in [6.07, 6.45) is 5.03. The van der Waals surface area contributed by atoms with Gasteiger partial charge in [0.2, 0.25) is 0 Å². The molecule has 1 aliphatic heterocycles. The van der Waals surface area contributed by atoms with Crippen molar-refractivity contribution in [3.05, 3.63) is 81.1 Å². The Morgan fingerprint density at radius 2 is 1.81 bits per heavy atom. The molecule has 0 bridgehead atoms. The molecule has 1 N–H and O–H groups in total. The number of carbonyl (C=O) groups excluding carboxylic acids is 1. The Hall–Kier alpha value is -3.10. The molecule has 1 unspecified atom stereocenters. The number of nitrogens with one attached hydrogen (secondary N) is 1. The van der Waals surface area contributed by atoms with Gasteiger partial charge in [-0.2, -0.15) is 0 Å². The lowest BCUT2D eigenvalue weighted by atomic mass is 9.88. The van der Waals surface area contributed by atoms with E-state index in [2.05, 4.69) is 69.9 Å². The molecular formula is C28H30BrN5O2. The van der Waals surface area contributed by atoms with Gasteiger partial charge in [-0.05, 0) is 94.6 Å². The molecule has 8 heteroatoms. The summed E-state index contributed by atoms with van der Waals surface area (Å²) in [5, 5.41) is 4.36. The summed E-state index contributed by atoms with van der Waals surface area (Å²) >= 11 is 3.61. The van der Waals surface area contributed by atoms with Crippen LogP contribution in [0.15, 0.2) is 47.2 Å². The summed E-state index contributed by atoms with van der Waals surface area (Å²) < 4.78 is 9.43. The summed E-state index contributed by atoms with van der Waals surface area (Å²) in [5.41, 5.74) is 6.35. The van der Waals surface area contributed by atoms with E-state index in [9.17, 15) is 4.79 Å². The Morgan fingerprint density at radius 3 is 2.47 bits per heavy atom. The minimum absolute atomic E-state index is 0.148. The first kappa shape index (κ1) is 24.6. The number of benzene rings is 1. The van der Waals surface area contributed by atoms with E-state index >= 15 is 0 Å². The fourth-order valence-corrected chi connectivity index (χ4v) is 5.98. The number of ether oxygens (including phenoxy) is 1. The van der Waals surface area contributed by atoms with Crippen LogP contribution in [-0.4, -0.2) is 38.6 Å². The highest BCUT2D eigenvalue weighted by Crippen LogP contribution is 2.38. The van der Waals surface area contributed by atoms with Crippen LogP contribution in [0.3, 0.4) is 0 Å². The SMILES string of the molecule is Cc1nc(C(OC(=O)c2ccccn2)C2CCNCC2)c2c(C)cn(-c3c(C)cc(Br)cc3C)c2n1. The van der Waals surface area contributed by atoms with Gasteiger partial charge in [-0.3, -0.25) is 0 Å². The monoisotopic (exact) mass is 547 g/mol. The average Bonchev–Trinajstić information content (AvgIpc) is 3.18. The third kappa shape index (κ3) is 4.67. The maximum absolute atomic E-state index is 13.2. The van der Waals surface area contributed by atoms with Crippen LogP contribution >= 0.6 is 15.9 Å². The normalized spacial score (nSPS) is 15.2. The minimum Gasteiger partial charge on any atom is -0.451 e. The summed E-state index contributed by atoms with van der Waals surface area (Å²) in [6.45, 7) is 9.95. The van der Waals surface area contributed by atoms with Gasteiger partial charge in [-0.25, -0.2) is 19.7 Å². The molecule has 5 rings (SSSR count). The lowest BCUT2D eigenvalue weighted by molar-refractivity contribution is 0.00625. The van der Waals surface area contributed by atoms with E-state index in [0.717, 1.165) is 69.5 Å². The first-order valence-corrected chi connectivity index (χ1v) is 13.1. The quantitative estimate of drug-likeness (QED) is 0.322. The zero-order valence-corrected chi connectivity index (χ0v) is 22.6. The van der Waals surface area contributed by atoms with Gasteiger partial charge in [0, 0.05) is 28.2 Å². The highest BCUT2D eigenvalue weighted by atomic mass is 79.9. The summed E-state index contributed by atoms with van der Waals surface area (Å²) in [6, 6.07) is 9.50. The lowest BCUT2D eigenvalue weighted by Crippen LogP contribution is -2.33. The topological polar surface area (TPSA) is 81.9 Å². The van der Waals surface area contributed by atoms with Crippen molar-refractivity contribution in [1.29, 1.82) is 0 Å². The van der Waals surface area contributed by atoms with Crippen LogP contribution in [0.1, 0.15) is 57.6 Å². The van der Waals surface area contributed by atoms with Crippen molar-refractivity contribution in [1.82, 2.24) is 24.8 Å². The molecule has 4 heterocycles. The van der Waals surface area contributed by atoms with Gasteiger partial charge in [0.1, 0.15) is 23.3 Å². The van der Waals surface area contributed by atoms with E-state index in [0.29, 0.717) is 11.5 Å². The van der Waals surface area contributed by atoms with Crippen LogP contribution in [-0.2, 0) is 4.74 Å².